The van der Waals surface area contributed by atoms with E-state index in [1.54, 1.807) is 12.4 Å². The van der Waals surface area contributed by atoms with E-state index in [2.05, 4.69) is 136 Å². The maximum atomic E-state index is 11.3. The predicted molar refractivity (Wildman–Crippen MR) is 227 cm³/mol. The Labute approximate surface area is 329 Å². The molecule has 3 aromatic heterocycles. The van der Waals surface area contributed by atoms with Crippen molar-refractivity contribution >= 4 is 38.8 Å². The number of fused-ring (bicyclic) bond motifs is 6. The molecule has 3 heterocycles. The van der Waals surface area contributed by atoms with Gasteiger partial charge in [0, 0.05) is 34.5 Å². The number of hydrogen-bond acceptors (Lipinski definition) is 4. The van der Waals surface area contributed by atoms with Crippen LogP contribution in [0.1, 0.15) is 52.3 Å². The van der Waals surface area contributed by atoms with Gasteiger partial charge in [0.05, 0.1) is 56.9 Å². The molecule has 0 saturated carbocycles. The third kappa shape index (κ3) is 5.34. The number of pyridine rings is 1. The third-order valence-electron chi connectivity index (χ3n) is 11.6. The largest absolute Gasteiger partial charge is 0.308 e. The average Bonchev–Trinajstić information content (AvgIpc) is 3.79. The van der Waals surface area contributed by atoms with Crippen LogP contribution in [0.4, 0.5) is 0 Å². The highest BCUT2D eigenvalue weighted by molar-refractivity contribution is 6.11. The Kier molecular flexibility index (Phi) is 7.89. The van der Waals surface area contributed by atoms with Crippen molar-refractivity contribution in [2.75, 3.05) is 0 Å². The number of nitriles is 3. The summed E-state index contributed by atoms with van der Waals surface area (Å²) in [6.07, 6.45) is 8.09. The summed E-state index contributed by atoms with van der Waals surface area (Å²) in [5, 5.41) is 33.5. The monoisotopic (exact) mass is 728 g/mol. The van der Waals surface area contributed by atoms with E-state index in [0.29, 0.717) is 16.7 Å². The van der Waals surface area contributed by atoms with Crippen molar-refractivity contribution in [2.24, 2.45) is 0 Å². The first-order valence-electron chi connectivity index (χ1n) is 18.9. The zero-order valence-corrected chi connectivity index (χ0v) is 30.9. The molecule has 6 aromatic carbocycles. The molecule has 9 aromatic rings. The van der Waals surface area contributed by atoms with Crippen LogP contribution in [-0.4, -0.2) is 14.1 Å². The fourth-order valence-electron chi connectivity index (χ4n) is 8.85. The molecule has 2 atom stereocenters. The Morgan fingerprint density at radius 2 is 1.11 bits per heavy atom. The van der Waals surface area contributed by atoms with Crippen molar-refractivity contribution in [2.45, 2.75) is 18.8 Å². The molecule has 0 N–H and O–H groups in total. The minimum absolute atomic E-state index is 0.116. The lowest BCUT2D eigenvalue weighted by Gasteiger charge is -2.27. The second-order valence-electron chi connectivity index (χ2n) is 14.6. The second kappa shape index (κ2) is 13.4. The van der Waals surface area contributed by atoms with Crippen LogP contribution in [0.5, 0.6) is 0 Å². The van der Waals surface area contributed by atoms with Gasteiger partial charge < -0.3 is 9.13 Å². The minimum atomic E-state index is 0.116. The SMILES string of the molecule is CC1c2c(n(-c3cc(-c4ccncc4)cc(-n4c5ccccc5c5cc(-c6ccc(C#N)cc6)ccc54)c3C#N)c3ccccc23)C=CC1c1ccc(C#N)cc1. The average molecular weight is 729 g/mol. The van der Waals surface area contributed by atoms with E-state index in [1.807, 2.05) is 54.6 Å². The maximum Gasteiger partial charge on any atom is 0.104 e. The Bertz CT molecular complexity index is 3220. The van der Waals surface area contributed by atoms with Gasteiger partial charge in [-0.3, -0.25) is 4.98 Å². The van der Waals surface area contributed by atoms with Crippen LogP contribution in [0.2, 0.25) is 0 Å². The molecular formula is C51H32N6. The fourth-order valence-corrected chi connectivity index (χ4v) is 8.85. The van der Waals surface area contributed by atoms with Gasteiger partial charge >= 0.3 is 0 Å². The van der Waals surface area contributed by atoms with Crippen LogP contribution in [0.25, 0.3) is 72.4 Å². The van der Waals surface area contributed by atoms with Crippen molar-refractivity contribution in [3.05, 3.63) is 192 Å². The molecule has 0 fully saturated rings. The Balaban J connectivity index is 1.24. The Hall–Kier alpha value is -7.98. The lowest BCUT2D eigenvalue weighted by atomic mass is 9.78. The minimum Gasteiger partial charge on any atom is -0.308 e. The molecule has 1 aliphatic rings. The van der Waals surface area contributed by atoms with E-state index in [1.165, 1.54) is 5.56 Å². The summed E-state index contributed by atoms with van der Waals surface area (Å²) in [5.41, 5.74) is 13.9. The molecule has 0 bridgehead atoms. The first-order chi connectivity index (χ1) is 28.1. The molecule has 1 aliphatic carbocycles. The molecule has 0 saturated heterocycles. The van der Waals surface area contributed by atoms with E-state index >= 15 is 0 Å². The van der Waals surface area contributed by atoms with Gasteiger partial charge in [-0.15, -0.1) is 0 Å². The Morgan fingerprint density at radius 1 is 0.526 bits per heavy atom. The molecule has 2 unspecified atom stereocenters. The highest BCUT2D eigenvalue weighted by Crippen LogP contribution is 2.47. The van der Waals surface area contributed by atoms with Crippen molar-refractivity contribution in [1.29, 1.82) is 15.8 Å². The second-order valence-corrected chi connectivity index (χ2v) is 14.6. The van der Waals surface area contributed by atoms with Crippen LogP contribution in [0.15, 0.2) is 158 Å². The summed E-state index contributed by atoms with van der Waals surface area (Å²) in [5.74, 6) is 0.241. The summed E-state index contributed by atoms with van der Waals surface area (Å²) in [4.78, 5) is 4.32. The molecule has 57 heavy (non-hydrogen) atoms. The maximum absolute atomic E-state index is 11.3. The number of aromatic nitrogens is 3. The molecule has 6 heteroatoms. The van der Waals surface area contributed by atoms with Crippen LogP contribution in [0.3, 0.4) is 0 Å². The molecule has 10 rings (SSSR count). The van der Waals surface area contributed by atoms with E-state index in [0.717, 1.165) is 77.6 Å². The quantitative estimate of drug-likeness (QED) is 0.176. The zero-order valence-electron chi connectivity index (χ0n) is 30.9. The molecule has 0 spiro atoms. The normalized spacial score (nSPS) is 14.6. The van der Waals surface area contributed by atoms with Gasteiger partial charge in [-0.25, -0.2) is 0 Å². The van der Waals surface area contributed by atoms with E-state index in [-0.39, 0.29) is 11.8 Å². The first kappa shape index (κ1) is 33.6. The molecule has 6 nitrogen and oxygen atoms in total. The van der Waals surface area contributed by atoms with E-state index < -0.39 is 0 Å². The third-order valence-corrected chi connectivity index (χ3v) is 11.6. The highest BCUT2D eigenvalue weighted by atomic mass is 15.0. The molecule has 0 aliphatic heterocycles. The Morgan fingerprint density at radius 3 is 1.79 bits per heavy atom. The van der Waals surface area contributed by atoms with Crippen LogP contribution in [-0.2, 0) is 0 Å². The number of para-hydroxylation sites is 2. The number of nitrogens with zero attached hydrogens (tertiary/aromatic N) is 6. The van der Waals surface area contributed by atoms with Gasteiger partial charge in [0.2, 0.25) is 0 Å². The summed E-state index contributed by atoms with van der Waals surface area (Å²) in [6.45, 7) is 2.27. The fraction of sp³-hybridized carbons (Fsp3) is 0.0588. The van der Waals surface area contributed by atoms with E-state index in [4.69, 9.17) is 0 Å². The van der Waals surface area contributed by atoms with Crippen LogP contribution in [0, 0.1) is 34.0 Å². The molecule has 0 radical (unpaired) electrons. The number of rotatable bonds is 5. The standard InChI is InChI=1S/C51H32N6/c1-32-40(37-16-12-34(30-53)13-17-37)19-21-48-51(32)42-7-3-5-9-46(42)57(48)50-28-39(36-22-24-55-25-23-36)27-49(44(50)31-54)56-45-8-4-2-6-41(45)43-26-38(18-20-47(43)56)35-14-10-33(29-52)11-15-35/h2-28,32,40H,1H3. The van der Waals surface area contributed by atoms with Gasteiger partial charge in [-0.2, -0.15) is 15.8 Å². The van der Waals surface area contributed by atoms with Crippen molar-refractivity contribution < 1.29 is 0 Å². The molecular weight excluding hydrogens is 697 g/mol. The lowest BCUT2D eigenvalue weighted by Crippen LogP contribution is -2.13. The van der Waals surface area contributed by atoms with E-state index in [9.17, 15) is 15.8 Å². The number of hydrogen-bond donors (Lipinski definition) is 0. The predicted octanol–water partition coefficient (Wildman–Crippen LogP) is 12.0. The van der Waals surface area contributed by atoms with Crippen LogP contribution >= 0.6 is 0 Å². The van der Waals surface area contributed by atoms with Gasteiger partial charge in [-0.1, -0.05) is 79.7 Å². The summed E-state index contributed by atoms with van der Waals surface area (Å²) >= 11 is 0. The first-order valence-corrected chi connectivity index (χ1v) is 18.9. The summed E-state index contributed by atoms with van der Waals surface area (Å²) < 4.78 is 4.51. The van der Waals surface area contributed by atoms with Crippen molar-refractivity contribution in [1.82, 2.24) is 14.1 Å². The highest BCUT2D eigenvalue weighted by Gasteiger charge is 2.31. The van der Waals surface area contributed by atoms with Crippen molar-refractivity contribution in [3.8, 4) is 51.8 Å². The smallest absolute Gasteiger partial charge is 0.104 e. The molecule has 0 amide bonds. The number of benzene rings is 6. The topological polar surface area (TPSA) is 94.1 Å². The van der Waals surface area contributed by atoms with Gasteiger partial charge in [-0.05, 0) is 118 Å². The van der Waals surface area contributed by atoms with Gasteiger partial charge in [0.15, 0.2) is 0 Å². The van der Waals surface area contributed by atoms with Gasteiger partial charge in [0.25, 0.3) is 0 Å². The lowest BCUT2D eigenvalue weighted by molar-refractivity contribution is 0.671. The van der Waals surface area contributed by atoms with Gasteiger partial charge in [0.1, 0.15) is 11.6 Å². The summed E-state index contributed by atoms with van der Waals surface area (Å²) in [6, 6.07) is 54.4. The van der Waals surface area contributed by atoms with Crippen molar-refractivity contribution in [3.63, 3.8) is 0 Å². The zero-order chi connectivity index (χ0) is 38.6. The molecule has 266 valence electrons. The van der Waals surface area contributed by atoms with Crippen LogP contribution < -0.4 is 0 Å². The summed E-state index contributed by atoms with van der Waals surface area (Å²) in [7, 11) is 0. The number of allylic oxidation sites excluding steroid dienone is 1.